The molecule has 1 amide bonds. The maximum absolute atomic E-state index is 11.8. The molecule has 0 aromatic carbocycles. The Balaban J connectivity index is 2.04. The number of hydrogen-bond donors (Lipinski definition) is 2. The zero-order chi connectivity index (χ0) is 14.8. The molecule has 0 fully saturated rings. The first-order valence-electron chi connectivity index (χ1n) is 7.14. The highest BCUT2D eigenvalue weighted by atomic mass is 16.6. The van der Waals surface area contributed by atoms with Crippen LogP contribution < -0.4 is 11.1 Å². The predicted octanol–water partition coefficient (Wildman–Crippen LogP) is 1.74. The van der Waals surface area contributed by atoms with E-state index in [1.54, 1.807) is 0 Å². The van der Waals surface area contributed by atoms with Crippen molar-refractivity contribution in [1.82, 2.24) is 14.9 Å². The van der Waals surface area contributed by atoms with E-state index >= 15 is 0 Å². The predicted molar refractivity (Wildman–Crippen MR) is 76.3 cm³/mol. The maximum atomic E-state index is 11.8. The van der Waals surface area contributed by atoms with Crippen molar-refractivity contribution in [2.24, 2.45) is 5.73 Å². The van der Waals surface area contributed by atoms with E-state index in [9.17, 15) is 4.79 Å². The maximum Gasteiger partial charge on any atom is 0.408 e. The largest absolute Gasteiger partial charge is 0.444 e. The van der Waals surface area contributed by atoms with Crippen molar-refractivity contribution in [3.8, 4) is 0 Å². The number of aromatic nitrogens is 2. The lowest BCUT2D eigenvalue weighted by atomic mass is 10.2. The summed E-state index contributed by atoms with van der Waals surface area (Å²) in [4.78, 5) is 16.4. The summed E-state index contributed by atoms with van der Waals surface area (Å²) in [6.07, 6.45) is 4.87. The van der Waals surface area contributed by atoms with E-state index in [2.05, 4.69) is 14.9 Å². The molecule has 2 rings (SSSR count). The van der Waals surface area contributed by atoms with E-state index in [-0.39, 0.29) is 6.04 Å². The number of aryl methyl sites for hydroxylation is 2. The second-order valence-electron chi connectivity index (χ2n) is 6.17. The quantitative estimate of drug-likeness (QED) is 0.883. The summed E-state index contributed by atoms with van der Waals surface area (Å²) in [5.74, 6) is 1.08. The second-order valence-corrected chi connectivity index (χ2v) is 6.17. The molecule has 1 aliphatic heterocycles. The molecule has 1 unspecified atom stereocenters. The Morgan fingerprint density at radius 2 is 2.30 bits per heavy atom. The number of alkyl carbamates (subject to hydrolysis) is 1. The third kappa shape index (κ3) is 3.72. The Kier molecular flexibility index (Phi) is 4.32. The van der Waals surface area contributed by atoms with Crippen LogP contribution in [0.4, 0.5) is 4.79 Å². The zero-order valence-corrected chi connectivity index (χ0v) is 12.5. The zero-order valence-electron chi connectivity index (χ0n) is 12.5. The van der Waals surface area contributed by atoms with Crippen LogP contribution >= 0.6 is 0 Å². The molecule has 1 aliphatic rings. The Morgan fingerprint density at radius 3 is 2.90 bits per heavy atom. The van der Waals surface area contributed by atoms with Crippen LogP contribution in [0.2, 0.25) is 0 Å². The van der Waals surface area contributed by atoms with Crippen molar-refractivity contribution in [1.29, 1.82) is 0 Å². The van der Waals surface area contributed by atoms with Crippen LogP contribution in [0.15, 0.2) is 6.20 Å². The number of nitrogens with zero attached hydrogens (tertiary/aromatic N) is 2. The average Bonchev–Trinajstić information content (AvgIpc) is 2.77. The van der Waals surface area contributed by atoms with Crippen LogP contribution in [0.1, 0.15) is 51.2 Å². The third-order valence-corrected chi connectivity index (χ3v) is 3.21. The molecular formula is C14H24N4O2. The highest BCUT2D eigenvalue weighted by molar-refractivity contribution is 5.68. The standard InChI is InChI=1S/C14H24N4O2/c1-14(2,3)20-13(19)17-10(8-15)11-9-18-7-5-4-6-12(18)16-11/h9-10H,4-8,15H2,1-3H3,(H,17,19). The third-order valence-electron chi connectivity index (χ3n) is 3.21. The summed E-state index contributed by atoms with van der Waals surface area (Å²) in [5.41, 5.74) is 6.05. The molecule has 6 nitrogen and oxygen atoms in total. The number of rotatable bonds is 3. The van der Waals surface area contributed by atoms with Gasteiger partial charge in [0.15, 0.2) is 0 Å². The van der Waals surface area contributed by atoms with Crippen molar-refractivity contribution in [2.45, 2.75) is 58.2 Å². The molecule has 0 saturated heterocycles. The smallest absolute Gasteiger partial charge is 0.408 e. The van der Waals surface area contributed by atoms with Gasteiger partial charge < -0.3 is 20.4 Å². The van der Waals surface area contributed by atoms with Gasteiger partial charge in [0, 0.05) is 25.7 Å². The molecule has 1 aromatic rings. The van der Waals surface area contributed by atoms with Crippen LogP contribution in [0, 0.1) is 0 Å². The van der Waals surface area contributed by atoms with Gasteiger partial charge in [0.25, 0.3) is 0 Å². The molecule has 1 aromatic heterocycles. The first-order valence-corrected chi connectivity index (χ1v) is 7.14. The van der Waals surface area contributed by atoms with E-state index in [0.29, 0.717) is 6.54 Å². The molecule has 112 valence electrons. The lowest BCUT2D eigenvalue weighted by Gasteiger charge is -2.22. The minimum atomic E-state index is -0.517. The summed E-state index contributed by atoms with van der Waals surface area (Å²) < 4.78 is 7.40. The summed E-state index contributed by atoms with van der Waals surface area (Å²) in [7, 11) is 0. The van der Waals surface area contributed by atoms with E-state index in [1.807, 2.05) is 27.0 Å². The van der Waals surface area contributed by atoms with Gasteiger partial charge in [-0.1, -0.05) is 0 Å². The summed E-state index contributed by atoms with van der Waals surface area (Å²) >= 11 is 0. The summed E-state index contributed by atoms with van der Waals surface area (Å²) in [6, 6.07) is -0.303. The lowest BCUT2D eigenvalue weighted by molar-refractivity contribution is 0.0504. The fraction of sp³-hybridized carbons (Fsp3) is 0.714. The average molecular weight is 280 g/mol. The number of nitrogens with one attached hydrogen (secondary N) is 1. The summed E-state index contributed by atoms with van der Waals surface area (Å²) in [5, 5.41) is 2.79. The SMILES string of the molecule is CC(C)(C)OC(=O)NC(CN)c1cn2c(n1)CCCC2. The number of hydrogen-bond acceptors (Lipinski definition) is 4. The van der Waals surface area contributed by atoms with Gasteiger partial charge in [-0.25, -0.2) is 9.78 Å². The molecule has 6 heteroatoms. The minimum absolute atomic E-state index is 0.301. The Morgan fingerprint density at radius 1 is 1.55 bits per heavy atom. The molecule has 0 saturated carbocycles. The highest BCUT2D eigenvalue weighted by Gasteiger charge is 2.22. The van der Waals surface area contributed by atoms with Crippen molar-refractivity contribution in [3.63, 3.8) is 0 Å². The molecule has 0 spiro atoms. The molecular weight excluding hydrogens is 256 g/mol. The number of carbonyl (C=O) groups excluding carboxylic acids is 1. The Hall–Kier alpha value is -1.56. The second kappa shape index (κ2) is 5.83. The number of ether oxygens (including phenoxy) is 1. The molecule has 0 aliphatic carbocycles. The minimum Gasteiger partial charge on any atom is -0.444 e. The fourth-order valence-corrected chi connectivity index (χ4v) is 2.31. The van der Waals surface area contributed by atoms with Gasteiger partial charge in [0.05, 0.1) is 11.7 Å². The van der Waals surface area contributed by atoms with Gasteiger partial charge >= 0.3 is 6.09 Å². The Labute approximate surface area is 119 Å². The molecule has 20 heavy (non-hydrogen) atoms. The first kappa shape index (κ1) is 14.8. The molecule has 3 N–H and O–H groups in total. The number of amides is 1. The fourth-order valence-electron chi connectivity index (χ4n) is 2.31. The van der Waals surface area contributed by atoms with Crippen LogP contribution in [0.25, 0.3) is 0 Å². The van der Waals surface area contributed by atoms with E-state index < -0.39 is 11.7 Å². The molecule has 0 bridgehead atoms. The van der Waals surface area contributed by atoms with E-state index in [0.717, 1.165) is 24.5 Å². The number of carbonyl (C=O) groups is 1. The van der Waals surface area contributed by atoms with Crippen LogP contribution in [-0.4, -0.2) is 27.8 Å². The topological polar surface area (TPSA) is 82.2 Å². The highest BCUT2D eigenvalue weighted by Crippen LogP contribution is 2.19. The number of imidazole rings is 1. The first-order chi connectivity index (χ1) is 9.39. The molecule has 0 radical (unpaired) electrons. The van der Waals surface area contributed by atoms with Gasteiger partial charge in [-0.2, -0.15) is 0 Å². The lowest BCUT2D eigenvalue weighted by Crippen LogP contribution is -2.37. The van der Waals surface area contributed by atoms with Gasteiger partial charge in [0.1, 0.15) is 11.4 Å². The van der Waals surface area contributed by atoms with E-state index in [4.69, 9.17) is 10.5 Å². The van der Waals surface area contributed by atoms with Crippen molar-refractivity contribution < 1.29 is 9.53 Å². The van der Waals surface area contributed by atoms with Gasteiger partial charge in [0.2, 0.25) is 0 Å². The normalized spacial score (nSPS) is 16.4. The van der Waals surface area contributed by atoms with Crippen molar-refractivity contribution >= 4 is 6.09 Å². The van der Waals surface area contributed by atoms with Gasteiger partial charge in [-0.3, -0.25) is 0 Å². The van der Waals surface area contributed by atoms with Crippen LogP contribution in [-0.2, 0) is 17.7 Å². The van der Waals surface area contributed by atoms with Gasteiger partial charge in [-0.15, -0.1) is 0 Å². The summed E-state index contributed by atoms with van der Waals surface area (Å²) in [6.45, 7) is 6.79. The number of fused-ring (bicyclic) bond motifs is 1. The number of nitrogens with two attached hydrogens (primary N) is 1. The van der Waals surface area contributed by atoms with Crippen molar-refractivity contribution in [3.05, 3.63) is 17.7 Å². The molecule has 1 atom stereocenters. The van der Waals surface area contributed by atoms with E-state index in [1.165, 1.54) is 12.8 Å². The van der Waals surface area contributed by atoms with Crippen molar-refractivity contribution in [2.75, 3.05) is 6.54 Å². The molecule has 2 heterocycles. The van der Waals surface area contributed by atoms with Crippen LogP contribution in [0.5, 0.6) is 0 Å². The monoisotopic (exact) mass is 280 g/mol. The Bertz CT molecular complexity index is 453. The van der Waals surface area contributed by atoms with Gasteiger partial charge in [-0.05, 0) is 33.6 Å². The van der Waals surface area contributed by atoms with Crippen LogP contribution in [0.3, 0.4) is 0 Å².